The van der Waals surface area contributed by atoms with Gasteiger partial charge in [-0.1, -0.05) is 19.1 Å². The maximum Gasteiger partial charge on any atom is 0.0589 e. The third-order valence-electron chi connectivity index (χ3n) is 4.02. The van der Waals surface area contributed by atoms with Crippen molar-refractivity contribution >= 4 is 23.1 Å². The van der Waals surface area contributed by atoms with Crippen LogP contribution in [0.4, 0.5) is 0 Å². The van der Waals surface area contributed by atoms with Gasteiger partial charge >= 0.3 is 0 Å². The lowest BCUT2D eigenvalue weighted by atomic mass is 10.1. The molecule has 0 aliphatic heterocycles. The molecule has 1 aromatic heterocycles. The molecule has 0 amide bonds. The van der Waals surface area contributed by atoms with Crippen LogP contribution in [0.1, 0.15) is 41.0 Å². The molecule has 1 aliphatic carbocycles. The van der Waals surface area contributed by atoms with Crippen molar-refractivity contribution < 1.29 is 0 Å². The van der Waals surface area contributed by atoms with Crippen LogP contribution in [0, 0.1) is 0 Å². The predicted octanol–water partition coefficient (Wildman–Crippen LogP) is 4.81. The van der Waals surface area contributed by atoms with Crippen LogP contribution in [0.25, 0.3) is 0 Å². The Bertz CT molecular complexity index is 562. The molecule has 0 saturated carbocycles. The van der Waals surface area contributed by atoms with E-state index in [1.807, 2.05) is 23.1 Å². The summed E-state index contributed by atoms with van der Waals surface area (Å²) in [4.78, 5) is 2.76. The number of benzene rings is 1. The Morgan fingerprint density at radius 3 is 2.85 bits per heavy atom. The van der Waals surface area contributed by atoms with Gasteiger partial charge in [0.2, 0.25) is 0 Å². The maximum absolute atomic E-state index is 6.35. The molecule has 3 rings (SSSR count). The maximum atomic E-state index is 6.35. The molecule has 0 spiro atoms. The highest BCUT2D eigenvalue weighted by Gasteiger charge is 2.21. The summed E-state index contributed by atoms with van der Waals surface area (Å²) >= 11 is 3.75. The molecule has 0 bridgehead atoms. The SMILES string of the molecule is CCC(N)C(Sc1ccc2c(c1)CCC2)c1cccs1. The van der Waals surface area contributed by atoms with Gasteiger partial charge in [0.25, 0.3) is 0 Å². The van der Waals surface area contributed by atoms with Crippen LogP contribution < -0.4 is 5.73 Å². The molecule has 1 nitrogen and oxygen atoms in total. The summed E-state index contributed by atoms with van der Waals surface area (Å²) in [6, 6.07) is 11.5. The van der Waals surface area contributed by atoms with Crippen molar-refractivity contribution in [3.8, 4) is 0 Å². The molecular formula is C17H21NS2. The first-order valence-electron chi connectivity index (χ1n) is 7.35. The summed E-state index contributed by atoms with van der Waals surface area (Å²) in [5, 5.41) is 2.52. The largest absolute Gasteiger partial charge is 0.326 e. The van der Waals surface area contributed by atoms with Gasteiger partial charge in [0.15, 0.2) is 0 Å². The zero-order valence-electron chi connectivity index (χ0n) is 11.8. The van der Waals surface area contributed by atoms with Crippen molar-refractivity contribution in [3.05, 3.63) is 51.7 Å². The van der Waals surface area contributed by atoms with Gasteiger partial charge < -0.3 is 5.73 Å². The fourth-order valence-electron chi connectivity index (χ4n) is 2.79. The van der Waals surface area contributed by atoms with E-state index in [0.717, 1.165) is 6.42 Å². The van der Waals surface area contributed by atoms with Crippen molar-refractivity contribution in [1.82, 2.24) is 0 Å². The molecule has 1 aromatic carbocycles. The van der Waals surface area contributed by atoms with Crippen LogP contribution in [-0.2, 0) is 12.8 Å². The number of thiophene rings is 1. The summed E-state index contributed by atoms with van der Waals surface area (Å²) in [5.41, 5.74) is 9.44. The lowest BCUT2D eigenvalue weighted by molar-refractivity contribution is 0.640. The summed E-state index contributed by atoms with van der Waals surface area (Å²) < 4.78 is 0. The quantitative estimate of drug-likeness (QED) is 0.802. The first-order valence-corrected chi connectivity index (χ1v) is 9.11. The Hall–Kier alpha value is -0.770. The van der Waals surface area contributed by atoms with E-state index < -0.39 is 0 Å². The van der Waals surface area contributed by atoms with E-state index in [4.69, 9.17) is 5.73 Å². The molecule has 3 heteroatoms. The second-order valence-electron chi connectivity index (χ2n) is 5.41. The molecule has 106 valence electrons. The molecule has 2 atom stereocenters. The van der Waals surface area contributed by atoms with Gasteiger partial charge in [-0.05, 0) is 60.4 Å². The van der Waals surface area contributed by atoms with Crippen molar-refractivity contribution in [3.63, 3.8) is 0 Å². The van der Waals surface area contributed by atoms with Crippen molar-refractivity contribution in [2.45, 2.75) is 48.8 Å². The number of thioether (sulfide) groups is 1. The normalized spacial score (nSPS) is 16.9. The number of fused-ring (bicyclic) bond motifs is 1. The monoisotopic (exact) mass is 303 g/mol. The first kappa shape index (κ1) is 14.2. The summed E-state index contributed by atoms with van der Waals surface area (Å²) in [5.74, 6) is 0. The van der Waals surface area contributed by atoms with Crippen LogP contribution in [0.2, 0.25) is 0 Å². The van der Waals surface area contributed by atoms with E-state index in [1.165, 1.54) is 29.0 Å². The van der Waals surface area contributed by atoms with E-state index >= 15 is 0 Å². The van der Waals surface area contributed by atoms with Gasteiger partial charge in [-0.3, -0.25) is 0 Å². The van der Waals surface area contributed by atoms with Crippen molar-refractivity contribution in [2.75, 3.05) is 0 Å². The van der Waals surface area contributed by atoms with E-state index in [1.54, 1.807) is 11.1 Å². The molecule has 2 N–H and O–H groups in total. The Labute approximate surface area is 129 Å². The summed E-state index contributed by atoms with van der Waals surface area (Å²) in [6.45, 7) is 2.18. The van der Waals surface area contributed by atoms with Crippen molar-refractivity contribution in [2.24, 2.45) is 5.73 Å². The highest BCUT2D eigenvalue weighted by atomic mass is 32.2. The molecule has 1 aliphatic rings. The van der Waals surface area contributed by atoms with Crippen LogP contribution in [0.3, 0.4) is 0 Å². The summed E-state index contributed by atoms with van der Waals surface area (Å²) in [7, 11) is 0. The third kappa shape index (κ3) is 2.95. The lowest BCUT2D eigenvalue weighted by Crippen LogP contribution is -2.25. The topological polar surface area (TPSA) is 26.0 Å². The molecule has 0 fully saturated rings. The highest BCUT2D eigenvalue weighted by molar-refractivity contribution is 7.99. The Balaban J connectivity index is 1.83. The molecular weight excluding hydrogens is 282 g/mol. The third-order valence-corrected chi connectivity index (χ3v) is 6.51. The number of aryl methyl sites for hydroxylation is 2. The molecule has 0 saturated heterocycles. The van der Waals surface area contributed by atoms with Gasteiger partial charge in [-0.15, -0.1) is 23.1 Å². The highest BCUT2D eigenvalue weighted by Crippen LogP contribution is 2.41. The first-order chi connectivity index (χ1) is 9.78. The van der Waals surface area contributed by atoms with Gasteiger partial charge in [0.05, 0.1) is 5.25 Å². The van der Waals surface area contributed by atoms with Gasteiger partial charge in [0, 0.05) is 15.8 Å². The average Bonchev–Trinajstić information content (AvgIpc) is 3.14. The van der Waals surface area contributed by atoms with Gasteiger partial charge in [-0.2, -0.15) is 0 Å². The number of rotatable bonds is 5. The predicted molar refractivity (Wildman–Crippen MR) is 89.7 cm³/mol. The average molecular weight is 303 g/mol. The minimum Gasteiger partial charge on any atom is -0.326 e. The lowest BCUT2D eigenvalue weighted by Gasteiger charge is -2.21. The molecule has 2 unspecified atom stereocenters. The van der Waals surface area contributed by atoms with Crippen LogP contribution in [0.5, 0.6) is 0 Å². The van der Waals surface area contributed by atoms with E-state index in [-0.39, 0.29) is 6.04 Å². The number of nitrogens with two attached hydrogens (primary N) is 1. The zero-order chi connectivity index (χ0) is 13.9. The molecule has 0 radical (unpaired) electrons. The minimum absolute atomic E-state index is 0.215. The van der Waals surface area contributed by atoms with E-state index in [2.05, 4.69) is 42.6 Å². The Kier molecular flexibility index (Phi) is 4.49. The van der Waals surface area contributed by atoms with E-state index in [0.29, 0.717) is 5.25 Å². The Morgan fingerprint density at radius 2 is 2.10 bits per heavy atom. The molecule has 1 heterocycles. The van der Waals surface area contributed by atoms with Crippen LogP contribution >= 0.6 is 23.1 Å². The second-order valence-corrected chi connectivity index (χ2v) is 7.60. The fourth-order valence-corrected chi connectivity index (χ4v) is 5.10. The minimum atomic E-state index is 0.215. The van der Waals surface area contributed by atoms with E-state index in [9.17, 15) is 0 Å². The van der Waals surface area contributed by atoms with Crippen molar-refractivity contribution in [1.29, 1.82) is 0 Å². The summed E-state index contributed by atoms with van der Waals surface area (Å²) in [6.07, 6.45) is 4.82. The Morgan fingerprint density at radius 1 is 1.25 bits per heavy atom. The number of hydrogen-bond donors (Lipinski definition) is 1. The fraction of sp³-hybridized carbons (Fsp3) is 0.412. The smallest absolute Gasteiger partial charge is 0.0589 e. The van der Waals surface area contributed by atoms with Crippen LogP contribution in [-0.4, -0.2) is 6.04 Å². The van der Waals surface area contributed by atoms with Gasteiger partial charge in [-0.25, -0.2) is 0 Å². The molecule has 2 aromatic rings. The zero-order valence-corrected chi connectivity index (χ0v) is 13.5. The second kappa shape index (κ2) is 6.33. The van der Waals surface area contributed by atoms with Crippen LogP contribution in [0.15, 0.2) is 40.6 Å². The number of hydrogen-bond acceptors (Lipinski definition) is 3. The molecule has 20 heavy (non-hydrogen) atoms. The standard InChI is InChI=1S/C17H21NS2/c1-2-15(18)17(16-7-4-10-19-16)20-14-9-8-12-5-3-6-13(12)11-14/h4,7-11,15,17H,2-3,5-6,18H2,1H3. The van der Waals surface area contributed by atoms with Gasteiger partial charge in [0.1, 0.15) is 0 Å².